The van der Waals surface area contributed by atoms with Gasteiger partial charge in [0.05, 0.1) is 40.1 Å². The van der Waals surface area contributed by atoms with E-state index in [9.17, 15) is 33.6 Å². The summed E-state index contributed by atoms with van der Waals surface area (Å²) in [4.78, 5) is 95.9. The number of para-hydroxylation sites is 1. The van der Waals surface area contributed by atoms with E-state index in [-0.39, 0.29) is 54.1 Å². The number of hydrogen-bond donors (Lipinski definition) is 3. The molecule has 288 valence electrons. The van der Waals surface area contributed by atoms with Gasteiger partial charge >= 0.3 is 0 Å². The number of nitrogens with one attached hydrogen (secondary N) is 2. The predicted molar refractivity (Wildman–Crippen MR) is 214 cm³/mol. The zero-order valence-corrected chi connectivity index (χ0v) is 31.2. The number of ketones is 2. The van der Waals surface area contributed by atoms with Crippen LogP contribution in [0.15, 0.2) is 97.2 Å². The number of pyridine rings is 1. The highest BCUT2D eigenvalue weighted by atomic mass is 16.2. The van der Waals surface area contributed by atoms with Crippen molar-refractivity contribution in [2.45, 2.75) is 51.0 Å². The summed E-state index contributed by atoms with van der Waals surface area (Å²) in [5, 5.41) is 6.24. The van der Waals surface area contributed by atoms with Gasteiger partial charge in [-0.1, -0.05) is 67.1 Å². The molecule has 1 atom stereocenters. The fraction of sp³-hybridized carbons (Fsp3) is 0.227. The first-order valence-corrected chi connectivity index (χ1v) is 18.8. The van der Waals surface area contributed by atoms with Crippen LogP contribution in [0.1, 0.15) is 86.4 Å². The third-order valence-corrected chi connectivity index (χ3v) is 10.3. The van der Waals surface area contributed by atoms with Crippen LogP contribution >= 0.6 is 0 Å². The van der Waals surface area contributed by atoms with Crippen LogP contribution in [0.25, 0.3) is 22.0 Å². The maximum Gasteiger partial charge on any atom is 0.264 e. The number of piperidine rings is 1. The zero-order chi connectivity index (χ0) is 40.2. The van der Waals surface area contributed by atoms with E-state index >= 15 is 0 Å². The minimum atomic E-state index is -1.08. The lowest BCUT2D eigenvalue weighted by Crippen LogP contribution is -2.54. The molecule has 5 amide bonds. The Labute approximate surface area is 328 Å². The number of fused-ring (bicyclic) bond motifs is 2. The highest BCUT2D eigenvalue weighted by molar-refractivity contribution is 6.25. The number of rotatable bonds is 15. The second-order valence-corrected chi connectivity index (χ2v) is 14.2. The number of nitrogens with two attached hydrogens (primary N) is 1. The number of unbranched alkanes of at least 4 members (excludes halogenated alkanes) is 2. The lowest BCUT2D eigenvalue weighted by atomic mass is 9.98. The monoisotopic (exact) mass is 764 g/mol. The van der Waals surface area contributed by atoms with E-state index in [1.807, 2.05) is 60.7 Å². The summed E-state index contributed by atoms with van der Waals surface area (Å²) < 4.78 is 0. The quantitative estimate of drug-likeness (QED) is 0.0650. The Morgan fingerprint density at radius 1 is 0.860 bits per heavy atom. The molecule has 1 saturated heterocycles. The van der Waals surface area contributed by atoms with E-state index in [0.29, 0.717) is 48.1 Å². The van der Waals surface area contributed by atoms with Crippen LogP contribution in [0.2, 0.25) is 0 Å². The van der Waals surface area contributed by atoms with E-state index in [0.717, 1.165) is 27.1 Å². The number of aromatic nitrogens is 1. The molecule has 0 radical (unpaired) electrons. The average molecular weight is 765 g/mol. The molecular weight excluding hydrogens is 725 g/mol. The standard InChI is InChI=1S/C44H40N6O7/c1-49(35-13-8-12-32-39(35)44(57)50(43(32)56)36-21-22-38(53)48-42(36)55)25-30(51)11-6-3-7-14-37(52)27-17-15-26(16-18-27)28-19-20-31-34(23-28)46-24-33(41(45)54)40(31)47-29-9-4-2-5-10-29/h2,4-5,8-10,12-13,15-20,23-24,36H,3,6-7,11,14,21-22,25H2,1H3,(H2,45,54)(H,46,47)(H,48,53,55). The number of hydrogen-bond acceptors (Lipinski definition) is 10. The van der Waals surface area contributed by atoms with Crippen LogP contribution in [0.3, 0.4) is 0 Å². The summed E-state index contributed by atoms with van der Waals surface area (Å²) in [5.74, 6) is -3.00. The zero-order valence-electron chi connectivity index (χ0n) is 31.2. The van der Waals surface area contributed by atoms with Crippen LogP contribution in [-0.4, -0.2) is 70.6 Å². The molecule has 0 spiro atoms. The van der Waals surface area contributed by atoms with Gasteiger partial charge in [0.25, 0.3) is 17.7 Å². The lowest BCUT2D eigenvalue weighted by Gasteiger charge is -2.28. The fourth-order valence-corrected chi connectivity index (χ4v) is 7.38. The van der Waals surface area contributed by atoms with Crippen molar-refractivity contribution in [2.75, 3.05) is 23.8 Å². The van der Waals surface area contributed by atoms with Crippen molar-refractivity contribution >= 4 is 69.1 Å². The summed E-state index contributed by atoms with van der Waals surface area (Å²) in [6, 6.07) is 26.4. The van der Waals surface area contributed by atoms with Gasteiger partial charge in [0.15, 0.2) is 11.6 Å². The smallest absolute Gasteiger partial charge is 0.264 e. The molecule has 0 bridgehead atoms. The molecule has 1 unspecified atom stereocenters. The number of carbonyl (C=O) groups is 7. The van der Waals surface area contributed by atoms with Gasteiger partial charge in [-0.25, -0.2) is 0 Å². The molecule has 4 aromatic carbocycles. The summed E-state index contributed by atoms with van der Waals surface area (Å²) >= 11 is 0. The molecule has 5 aromatic rings. The Morgan fingerprint density at radius 2 is 1.60 bits per heavy atom. The fourth-order valence-electron chi connectivity index (χ4n) is 7.38. The minimum absolute atomic E-state index is 0.00638. The molecule has 0 saturated carbocycles. The summed E-state index contributed by atoms with van der Waals surface area (Å²) in [6.45, 7) is 0.00897. The number of nitrogens with zero attached hydrogens (tertiary/aromatic N) is 3. The van der Waals surface area contributed by atoms with Gasteiger partial charge in [-0.2, -0.15) is 0 Å². The second-order valence-electron chi connectivity index (χ2n) is 14.2. The molecular formula is C44H40N6O7. The van der Waals surface area contributed by atoms with Crippen LogP contribution in [0, 0.1) is 0 Å². The Morgan fingerprint density at radius 3 is 2.33 bits per heavy atom. The molecule has 7 rings (SSSR count). The van der Waals surface area contributed by atoms with Gasteiger partial charge in [-0.15, -0.1) is 0 Å². The summed E-state index contributed by atoms with van der Waals surface area (Å²) in [6.07, 6.45) is 4.06. The molecule has 13 heteroatoms. The van der Waals surface area contributed by atoms with Gasteiger partial charge < -0.3 is 16.0 Å². The molecule has 2 aliphatic rings. The maximum atomic E-state index is 13.4. The van der Waals surface area contributed by atoms with Crippen molar-refractivity contribution in [2.24, 2.45) is 5.73 Å². The van der Waals surface area contributed by atoms with Gasteiger partial charge in [0.1, 0.15) is 6.04 Å². The molecule has 13 nitrogen and oxygen atoms in total. The number of carbonyl (C=O) groups excluding carboxylic acids is 7. The normalized spacial score (nSPS) is 15.0. The lowest BCUT2D eigenvalue weighted by molar-refractivity contribution is -0.136. The molecule has 4 N–H and O–H groups in total. The highest BCUT2D eigenvalue weighted by Gasteiger charge is 2.46. The minimum Gasteiger partial charge on any atom is -0.367 e. The SMILES string of the molecule is CN(CC(=O)CCCCCC(=O)c1ccc(-c2ccc3c(Nc4ccccc4)c(C(N)=O)cnc3c2)cc1)c1cccc2c1C(=O)N(C1CCC(=O)NC1=O)C2=O. The van der Waals surface area contributed by atoms with Gasteiger partial charge in [0.2, 0.25) is 11.8 Å². The second kappa shape index (κ2) is 16.4. The summed E-state index contributed by atoms with van der Waals surface area (Å²) in [5.41, 5.74) is 11.1. The van der Waals surface area contributed by atoms with Crippen LogP contribution < -0.4 is 21.3 Å². The van der Waals surface area contributed by atoms with E-state index in [4.69, 9.17) is 5.73 Å². The van der Waals surface area contributed by atoms with Crippen molar-refractivity contribution < 1.29 is 33.6 Å². The highest BCUT2D eigenvalue weighted by Crippen LogP contribution is 2.35. The number of benzene rings is 4. The molecule has 1 fully saturated rings. The molecule has 0 aliphatic carbocycles. The first kappa shape index (κ1) is 38.3. The molecule has 2 aliphatic heterocycles. The molecule has 3 heterocycles. The van der Waals surface area contributed by atoms with Crippen molar-refractivity contribution in [3.05, 3.63) is 119 Å². The van der Waals surface area contributed by atoms with E-state index in [2.05, 4.69) is 15.6 Å². The van der Waals surface area contributed by atoms with E-state index < -0.39 is 35.6 Å². The number of anilines is 3. The predicted octanol–water partition coefficient (Wildman–Crippen LogP) is 5.98. The number of amides is 5. The third kappa shape index (κ3) is 8.04. The van der Waals surface area contributed by atoms with Crippen molar-refractivity contribution in [1.29, 1.82) is 0 Å². The van der Waals surface area contributed by atoms with Crippen molar-refractivity contribution in [3.63, 3.8) is 0 Å². The van der Waals surface area contributed by atoms with E-state index in [1.54, 1.807) is 36.2 Å². The molecule has 1 aromatic heterocycles. The van der Waals surface area contributed by atoms with E-state index in [1.165, 1.54) is 12.3 Å². The Bertz CT molecular complexity index is 2450. The van der Waals surface area contributed by atoms with Crippen LogP contribution in [0.5, 0.6) is 0 Å². The Balaban J connectivity index is 0.899. The van der Waals surface area contributed by atoms with Gasteiger partial charge in [-0.05, 0) is 60.7 Å². The van der Waals surface area contributed by atoms with Crippen LogP contribution in [-0.2, 0) is 14.4 Å². The van der Waals surface area contributed by atoms with Crippen molar-refractivity contribution in [1.82, 2.24) is 15.2 Å². The Hall–Kier alpha value is -7.02. The van der Waals surface area contributed by atoms with Crippen LogP contribution in [0.4, 0.5) is 17.1 Å². The van der Waals surface area contributed by atoms with Gasteiger partial charge in [-0.3, -0.25) is 48.8 Å². The first-order valence-electron chi connectivity index (χ1n) is 18.8. The average Bonchev–Trinajstić information content (AvgIpc) is 3.46. The number of Topliss-reactive ketones (excluding diaryl/α,β-unsaturated/α-hetero) is 2. The maximum absolute atomic E-state index is 13.4. The molecule has 57 heavy (non-hydrogen) atoms. The van der Waals surface area contributed by atoms with Crippen molar-refractivity contribution in [3.8, 4) is 11.1 Å². The largest absolute Gasteiger partial charge is 0.367 e. The third-order valence-electron chi connectivity index (χ3n) is 10.3. The Kier molecular flexibility index (Phi) is 11.0. The first-order chi connectivity index (χ1) is 27.5. The number of imide groups is 2. The number of likely N-dealkylation sites (N-methyl/N-ethyl adjacent to an activating group) is 1. The number of primary amides is 1. The summed E-state index contributed by atoms with van der Waals surface area (Å²) in [7, 11) is 1.67. The topological polar surface area (TPSA) is 189 Å². The van der Waals surface area contributed by atoms with Gasteiger partial charge in [0, 0.05) is 49.1 Å².